The van der Waals surface area contributed by atoms with Gasteiger partial charge in [-0.15, -0.1) is 0 Å². The van der Waals surface area contributed by atoms with Crippen LogP contribution in [0.15, 0.2) is 60.7 Å². The normalized spacial score (nSPS) is 13.7. The molecule has 5 rings (SSSR count). The summed E-state index contributed by atoms with van der Waals surface area (Å²) in [6.45, 7) is 3.03. The monoisotopic (exact) mass is 470 g/mol. The summed E-state index contributed by atoms with van der Waals surface area (Å²) in [5, 5.41) is -0.560. The largest absolute Gasteiger partial charge is 0.206 e. The van der Waals surface area contributed by atoms with E-state index in [0.29, 0.717) is 0 Å². The molecule has 0 aliphatic carbocycles. The van der Waals surface area contributed by atoms with E-state index in [1.54, 1.807) is 12.1 Å². The van der Waals surface area contributed by atoms with E-state index >= 15 is 26.3 Å². The van der Waals surface area contributed by atoms with Crippen LogP contribution in [0.2, 0.25) is 13.1 Å². The van der Waals surface area contributed by atoms with Gasteiger partial charge in [0.1, 0.15) is 19.7 Å². The third-order valence-electron chi connectivity index (χ3n) is 6.27. The fraction of sp³-hybridized carbons (Fsp3) is 0.0769. The molecular weight excluding hydrogens is 454 g/mol. The molecule has 0 amide bonds. The second kappa shape index (κ2) is 7.35. The SMILES string of the molecule is C[Si]1(C)c2c(F)c(-c3ccccc3)c(F)c(F)c2-c2c(F)c(F)c(-c3ccccc3)c(F)c21. The van der Waals surface area contributed by atoms with Gasteiger partial charge < -0.3 is 0 Å². The smallest absolute Gasteiger partial charge is 0.170 e. The minimum absolute atomic E-state index is 0.0899. The molecule has 166 valence electrons. The van der Waals surface area contributed by atoms with Crippen molar-refractivity contribution in [3.63, 3.8) is 0 Å². The van der Waals surface area contributed by atoms with Crippen LogP contribution in [0.1, 0.15) is 0 Å². The quantitative estimate of drug-likeness (QED) is 0.175. The molecule has 33 heavy (non-hydrogen) atoms. The highest BCUT2D eigenvalue weighted by molar-refractivity contribution is 7.04. The Kier molecular flexibility index (Phi) is 4.79. The van der Waals surface area contributed by atoms with Crippen molar-refractivity contribution in [1.82, 2.24) is 0 Å². The summed E-state index contributed by atoms with van der Waals surface area (Å²) in [6, 6.07) is 15.1. The molecule has 0 N–H and O–H groups in total. The Labute approximate surface area is 187 Å². The van der Waals surface area contributed by atoms with Gasteiger partial charge in [-0.1, -0.05) is 73.8 Å². The highest BCUT2D eigenvalue weighted by atomic mass is 28.3. The van der Waals surface area contributed by atoms with E-state index in [0.717, 1.165) is 0 Å². The van der Waals surface area contributed by atoms with E-state index in [4.69, 9.17) is 0 Å². The number of hydrogen-bond acceptors (Lipinski definition) is 0. The highest BCUT2D eigenvalue weighted by Gasteiger charge is 2.49. The molecule has 0 nitrogen and oxygen atoms in total. The van der Waals surface area contributed by atoms with Crippen LogP contribution in [0.25, 0.3) is 33.4 Å². The van der Waals surface area contributed by atoms with Gasteiger partial charge in [-0.05, 0) is 21.5 Å². The average molecular weight is 470 g/mol. The van der Waals surface area contributed by atoms with Crippen LogP contribution >= 0.6 is 0 Å². The van der Waals surface area contributed by atoms with E-state index in [1.165, 1.54) is 61.6 Å². The van der Waals surface area contributed by atoms with E-state index in [9.17, 15) is 0 Å². The van der Waals surface area contributed by atoms with Gasteiger partial charge in [-0.25, -0.2) is 26.3 Å². The van der Waals surface area contributed by atoms with Crippen LogP contribution in [0.4, 0.5) is 26.3 Å². The summed E-state index contributed by atoms with van der Waals surface area (Å²) in [6.07, 6.45) is 0. The van der Waals surface area contributed by atoms with Gasteiger partial charge >= 0.3 is 0 Å². The maximum absolute atomic E-state index is 15.8. The van der Waals surface area contributed by atoms with Crippen molar-refractivity contribution in [2.45, 2.75) is 13.1 Å². The minimum atomic E-state index is -3.47. The fourth-order valence-corrected chi connectivity index (χ4v) is 8.12. The van der Waals surface area contributed by atoms with Crippen LogP contribution in [0.5, 0.6) is 0 Å². The zero-order valence-electron chi connectivity index (χ0n) is 17.5. The molecule has 0 saturated heterocycles. The summed E-state index contributed by atoms with van der Waals surface area (Å²) in [5.74, 6) is -8.25. The fourth-order valence-electron chi connectivity index (χ4n) is 4.81. The summed E-state index contributed by atoms with van der Waals surface area (Å²) in [4.78, 5) is 0. The maximum Gasteiger partial charge on any atom is 0.170 e. The number of halogens is 6. The molecule has 0 bridgehead atoms. The van der Waals surface area contributed by atoms with Gasteiger partial charge in [0.15, 0.2) is 23.3 Å². The van der Waals surface area contributed by atoms with Crippen molar-refractivity contribution in [3.8, 4) is 33.4 Å². The van der Waals surface area contributed by atoms with E-state index in [2.05, 4.69) is 0 Å². The van der Waals surface area contributed by atoms with Crippen LogP contribution in [0.3, 0.4) is 0 Å². The Hall–Kier alpha value is -3.32. The van der Waals surface area contributed by atoms with Gasteiger partial charge in [-0.2, -0.15) is 0 Å². The molecule has 0 radical (unpaired) electrons. The Morgan fingerprint density at radius 2 is 0.727 bits per heavy atom. The van der Waals surface area contributed by atoms with E-state index < -0.39 is 65.2 Å². The molecule has 7 heteroatoms. The molecule has 0 saturated carbocycles. The van der Waals surface area contributed by atoms with Gasteiger partial charge in [0, 0.05) is 11.1 Å². The van der Waals surface area contributed by atoms with Crippen molar-refractivity contribution >= 4 is 18.4 Å². The first kappa shape index (κ1) is 21.5. The summed E-state index contributed by atoms with van der Waals surface area (Å²) >= 11 is 0. The van der Waals surface area contributed by atoms with E-state index in [-0.39, 0.29) is 21.5 Å². The zero-order chi connectivity index (χ0) is 23.7. The second-order valence-corrected chi connectivity index (χ2v) is 12.7. The second-order valence-electron chi connectivity index (χ2n) is 8.49. The predicted molar refractivity (Wildman–Crippen MR) is 119 cm³/mol. The third-order valence-corrected chi connectivity index (χ3v) is 9.71. The summed E-state index contributed by atoms with van der Waals surface area (Å²) in [5.41, 5.74) is -2.49. The molecule has 4 aromatic carbocycles. The lowest BCUT2D eigenvalue weighted by Gasteiger charge is -2.22. The van der Waals surface area contributed by atoms with Crippen molar-refractivity contribution < 1.29 is 26.3 Å². The lowest BCUT2D eigenvalue weighted by atomic mass is 9.95. The number of hydrogen-bond donors (Lipinski definition) is 0. The first-order valence-electron chi connectivity index (χ1n) is 10.2. The Morgan fingerprint density at radius 3 is 1.06 bits per heavy atom. The lowest BCUT2D eigenvalue weighted by molar-refractivity contribution is 0.495. The maximum atomic E-state index is 15.8. The first-order valence-corrected chi connectivity index (χ1v) is 13.2. The van der Waals surface area contributed by atoms with Crippen LogP contribution in [0, 0.1) is 34.9 Å². The van der Waals surface area contributed by atoms with Crippen LogP contribution < -0.4 is 10.4 Å². The molecule has 1 aliphatic heterocycles. The molecule has 0 fully saturated rings. The van der Waals surface area contributed by atoms with Gasteiger partial charge in [0.25, 0.3) is 0 Å². The third kappa shape index (κ3) is 2.85. The molecule has 4 aromatic rings. The van der Waals surface area contributed by atoms with Gasteiger partial charge in [0.2, 0.25) is 0 Å². The molecule has 1 aliphatic rings. The lowest BCUT2D eigenvalue weighted by Crippen LogP contribution is -2.52. The number of benzene rings is 4. The van der Waals surface area contributed by atoms with Crippen molar-refractivity contribution in [3.05, 3.63) is 95.6 Å². The van der Waals surface area contributed by atoms with Gasteiger partial charge in [0.05, 0.1) is 11.1 Å². The van der Waals surface area contributed by atoms with Crippen LogP contribution in [-0.4, -0.2) is 8.07 Å². The predicted octanol–water partition coefficient (Wildman–Crippen LogP) is 6.66. The van der Waals surface area contributed by atoms with Crippen molar-refractivity contribution in [2.75, 3.05) is 0 Å². The standard InChI is InChI=1S/C26H16F6Si/c1-33(2)25-17(21(29)19(27)15(23(25)31)13-9-5-3-6-10-13)18-22(30)20(28)16(24(32)26(18)33)14-11-7-4-8-12-14/h3-12H,1-2H3. The van der Waals surface area contributed by atoms with Crippen molar-refractivity contribution in [1.29, 1.82) is 0 Å². The highest BCUT2D eigenvalue weighted by Crippen LogP contribution is 2.42. The van der Waals surface area contributed by atoms with Crippen LogP contribution in [-0.2, 0) is 0 Å². The average Bonchev–Trinajstić information content (AvgIpc) is 3.05. The Bertz CT molecular complexity index is 1320. The Morgan fingerprint density at radius 1 is 0.424 bits per heavy atom. The molecule has 1 heterocycles. The molecular formula is C26H16F6Si. The Balaban J connectivity index is 1.91. The number of rotatable bonds is 2. The van der Waals surface area contributed by atoms with E-state index in [1.807, 2.05) is 0 Å². The molecule has 0 atom stereocenters. The minimum Gasteiger partial charge on any atom is -0.206 e. The summed E-state index contributed by atoms with van der Waals surface area (Å²) < 4.78 is 92.7. The first-order chi connectivity index (χ1) is 15.7. The van der Waals surface area contributed by atoms with Crippen molar-refractivity contribution in [2.24, 2.45) is 0 Å². The number of fused-ring (bicyclic) bond motifs is 3. The van der Waals surface area contributed by atoms with Gasteiger partial charge in [-0.3, -0.25) is 0 Å². The molecule has 0 unspecified atom stereocenters. The topological polar surface area (TPSA) is 0 Å². The summed E-state index contributed by atoms with van der Waals surface area (Å²) in [7, 11) is -3.47. The molecule has 0 aromatic heterocycles. The zero-order valence-corrected chi connectivity index (χ0v) is 18.5. The molecule has 0 spiro atoms.